The number of aliphatic carboxylic acids is 2. The molecule has 0 fully saturated rings. The zero-order chi connectivity index (χ0) is 49.6. The van der Waals surface area contributed by atoms with E-state index in [0.717, 1.165) is 5.56 Å². The molecule has 0 aliphatic rings. The highest BCUT2D eigenvalue weighted by molar-refractivity contribution is 5.74. The average Bonchev–Trinajstić information content (AvgIpc) is 3.12. The van der Waals surface area contributed by atoms with Gasteiger partial charge >= 0.3 is 41.9 Å². The molecule has 2 atom stereocenters. The van der Waals surface area contributed by atoms with Crippen LogP contribution in [0.3, 0.4) is 0 Å². The fraction of sp³-hybridized carbons (Fsp3) is 0.717. The van der Waals surface area contributed by atoms with E-state index in [1.54, 1.807) is 92.9 Å². The molecular weight excluding hydrogens is 847 g/mol. The molecule has 1 amide bonds. The average molecular weight is 925 g/mol. The fourth-order valence-electron chi connectivity index (χ4n) is 6.32. The molecule has 0 spiro atoms. The molecule has 1 unspecified atom stereocenters. The number of benzene rings is 1. The van der Waals surface area contributed by atoms with E-state index in [-0.39, 0.29) is 78.2 Å². The lowest BCUT2D eigenvalue weighted by molar-refractivity contribution is -0.964. The summed E-state index contributed by atoms with van der Waals surface area (Å²) in [5, 5.41) is 23.2. The molecule has 1 rings (SSSR count). The first kappa shape index (κ1) is 58.2. The van der Waals surface area contributed by atoms with Crippen molar-refractivity contribution in [3.63, 3.8) is 0 Å². The van der Waals surface area contributed by atoms with Crippen LogP contribution in [-0.4, -0.2) is 160 Å². The highest BCUT2D eigenvalue weighted by Gasteiger charge is 2.39. The lowest BCUT2D eigenvalue weighted by Gasteiger charge is -2.41. The molecular formula is C46H78N5O14+. The lowest BCUT2D eigenvalue weighted by atomic mass is 10.1. The van der Waals surface area contributed by atoms with Gasteiger partial charge in [0.2, 0.25) is 0 Å². The smallest absolute Gasteiger partial charge is 0.407 e. The van der Waals surface area contributed by atoms with Gasteiger partial charge in [-0.2, -0.15) is 5.43 Å². The number of carbonyl (C=O) groups excluding carboxylic acids is 5. The molecule has 0 aliphatic carbocycles. The maximum atomic E-state index is 13.7. The van der Waals surface area contributed by atoms with Gasteiger partial charge in [0.15, 0.2) is 12.6 Å². The molecule has 0 bridgehead atoms. The summed E-state index contributed by atoms with van der Waals surface area (Å²) < 4.78 is 27.0. The number of rotatable bonds is 28. The second kappa shape index (κ2) is 26.9. The summed E-state index contributed by atoms with van der Waals surface area (Å²) >= 11 is 0. The number of carbonyl (C=O) groups is 7. The van der Waals surface area contributed by atoms with E-state index in [9.17, 15) is 43.8 Å². The van der Waals surface area contributed by atoms with Crippen molar-refractivity contribution >= 4 is 41.9 Å². The Morgan fingerprint density at radius 3 is 1.65 bits per heavy atom. The molecule has 4 N–H and O–H groups in total. The third-order valence-corrected chi connectivity index (χ3v) is 8.91. The summed E-state index contributed by atoms with van der Waals surface area (Å²) in [4.78, 5) is 93.2. The first-order valence-electron chi connectivity index (χ1n) is 22.2. The predicted molar refractivity (Wildman–Crippen MR) is 241 cm³/mol. The zero-order valence-corrected chi connectivity index (χ0v) is 40.9. The molecule has 370 valence electrons. The van der Waals surface area contributed by atoms with Crippen LogP contribution in [0.25, 0.3) is 0 Å². The summed E-state index contributed by atoms with van der Waals surface area (Å²) in [5.41, 5.74) is 0.664. The van der Waals surface area contributed by atoms with Crippen molar-refractivity contribution in [3.8, 4) is 0 Å². The van der Waals surface area contributed by atoms with Crippen LogP contribution in [-0.2, 0) is 59.1 Å². The largest absolute Gasteiger partial charge is 0.480 e. The summed E-state index contributed by atoms with van der Waals surface area (Å²) in [6.45, 7) is 19.7. The number of nitrogens with one attached hydrogen (secondary N) is 2. The fourth-order valence-corrected chi connectivity index (χ4v) is 6.32. The molecule has 65 heavy (non-hydrogen) atoms. The number of nitrogens with zero attached hydrogens (tertiary/aromatic N) is 3. The maximum Gasteiger partial charge on any atom is 0.407 e. The van der Waals surface area contributed by atoms with Crippen molar-refractivity contribution in [2.24, 2.45) is 0 Å². The minimum atomic E-state index is -1.27. The Bertz CT molecular complexity index is 1680. The summed E-state index contributed by atoms with van der Waals surface area (Å²) in [7, 11) is 0. The van der Waals surface area contributed by atoms with Gasteiger partial charge in [-0.3, -0.25) is 33.8 Å². The first-order chi connectivity index (χ1) is 29.8. The van der Waals surface area contributed by atoms with Crippen LogP contribution in [0.5, 0.6) is 0 Å². The Morgan fingerprint density at radius 2 is 1.12 bits per heavy atom. The highest BCUT2D eigenvalue weighted by atomic mass is 16.6. The molecule has 0 heterocycles. The van der Waals surface area contributed by atoms with E-state index < -0.39 is 88.0 Å². The molecule has 19 nitrogen and oxygen atoms in total. The lowest BCUT2D eigenvalue weighted by Crippen LogP contribution is -2.67. The standard InChI is InChI=1S/C46H77N5O14/c1-43(2,3)62-37(54)21-24-49(31-39(56)64-45(7,8)9)25-26-50(30-36(52)53)27-29-51(32-40(57)65-46(10,11)12,28-22-38(55)63-44(4,5)6)48-35(41(58)59)20-16-17-23-47-42(60)61-33-34-18-14-13-15-19-34/h13-15,18-19,35,48H,16-17,20-33H2,1-12H3,(H2-,47,52,53,58,59,60)/p+1/t35-,51?/m0/s1. The van der Waals surface area contributed by atoms with E-state index in [4.69, 9.17) is 23.7 Å². The summed E-state index contributed by atoms with van der Waals surface area (Å²) in [6.07, 6.45) is -0.179. The number of alkyl carbamates (subject to hydrolysis) is 1. The van der Waals surface area contributed by atoms with E-state index in [0.29, 0.717) is 12.8 Å². The summed E-state index contributed by atoms with van der Waals surface area (Å²) in [6, 6.07) is 7.89. The van der Waals surface area contributed by atoms with Gasteiger partial charge in [0.1, 0.15) is 42.1 Å². The van der Waals surface area contributed by atoms with Crippen LogP contribution in [0.1, 0.15) is 121 Å². The zero-order valence-electron chi connectivity index (χ0n) is 40.9. The number of unbranched alkanes of at least 4 members (excludes halogenated alkanes) is 1. The van der Waals surface area contributed by atoms with Gasteiger partial charge in [-0.25, -0.2) is 14.2 Å². The van der Waals surface area contributed by atoms with Crippen LogP contribution in [0, 0.1) is 0 Å². The molecule has 0 saturated carbocycles. The quantitative estimate of drug-likeness (QED) is 0.0293. The Balaban J connectivity index is 3.46. The van der Waals surface area contributed by atoms with Gasteiger partial charge in [-0.15, -0.1) is 0 Å². The third kappa shape index (κ3) is 30.1. The van der Waals surface area contributed by atoms with E-state index in [1.165, 1.54) is 0 Å². The number of esters is 4. The second-order valence-electron chi connectivity index (χ2n) is 20.0. The number of quaternary nitrogens is 1. The Labute approximate surface area is 385 Å². The molecule has 0 aliphatic heterocycles. The molecule has 0 aromatic heterocycles. The van der Waals surface area contributed by atoms with Crippen LogP contribution >= 0.6 is 0 Å². The second-order valence-corrected chi connectivity index (χ2v) is 20.0. The Kier molecular flexibility index (Phi) is 24.1. The first-order valence-corrected chi connectivity index (χ1v) is 22.2. The highest BCUT2D eigenvalue weighted by Crippen LogP contribution is 2.17. The van der Waals surface area contributed by atoms with Crippen LogP contribution in [0.15, 0.2) is 30.3 Å². The normalized spacial score (nSPS) is 13.6. The van der Waals surface area contributed by atoms with Gasteiger partial charge in [0, 0.05) is 26.2 Å². The molecule has 0 radical (unpaired) electrons. The SMILES string of the molecule is CC(C)(C)OC(=O)CCN(CCN(CC[N+](CCC(=O)OC(C)(C)C)(CC(=O)OC(C)(C)C)N[C@@H](CCCCNC(=O)OCc1ccccc1)C(=O)O)CC(=O)O)CC(=O)OC(C)(C)C. The van der Waals surface area contributed by atoms with Gasteiger partial charge < -0.3 is 39.2 Å². The predicted octanol–water partition coefficient (Wildman–Crippen LogP) is 4.69. The molecule has 19 heteroatoms. The number of amides is 1. The Hall–Kier alpha value is -4.85. The number of carboxylic acids is 2. The van der Waals surface area contributed by atoms with Gasteiger partial charge in [-0.1, -0.05) is 30.3 Å². The molecule has 1 aromatic carbocycles. The van der Waals surface area contributed by atoms with E-state index >= 15 is 0 Å². The number of ether oxygens (including phenoxy) is 5. The van der Waals surface area contributed by atoms with Crippen LogP contribution in [0.2, 0.25) is 0 Å². The minimum Gasteiger partial charge on any atom is -0.480 e. The van der Waals surface area contributed by atoms with Gasteiger partial charge in [0.25, 0.3) is 0 Å². The Morgan fingerprint density at radius 1 is 0.615 bits per heavy atom. The minimum absolute atomic E-state index is 0.0376. The van der Waals surface area contributed by atoms with Gasteiger partial charge in [0.05, 0.1) is 32.5 Å². The van der Waals surface area contributed by atoms with Crippen molar-refractivity contribution in [1.82, 2.24) is 20.5 Å². The van der Waals surface area contributed by atoms with Crippen molar-refractivity contribution in [2.45, 2.75) is 150 Å². The molecule has 1 aromatic rings. The number of carboxylic acid groups (broad SMARTS) is 2. The van der Waals surface area contributed by atoms with E-state index in [2.05, 4.69) is 10.7 Å². The van der Waals surface area contributed by atoms with Gasteiger partial charge in [-0.05, 0) is 108 Å². The van der Waals surface area contributed by atoms with Crippen molar-refractivity contribution in [3.05, 3.63) is 35.9 Å². The van der Waals surface area contributed by atoms with Crippen LogP contribution < -0.4 is 10.7 Å². The topological polar surface area (TPSA) is 237 Å². The summed E-state index contributed by atoms with van der Waals surface area (Å²) in [5.74, 6) is -4.76. The maximum absolute atomic E-state index is 13.7. The van der Waals surface area contributed by atoms with Crippen molar-refractivity contribution < 1.29 is 72.1 Å². The number of hydrogen-bond donors (Lipinski definition) is 4. The van der Waals surface area contributed by atoms with E-state index in [1.807, 2.05) is 30.3 Å². The van der Waals surface area contributed by atoms with Crippen LogP contribution in [0.4, 0.5) is 4.79 Å². The third-order valence-electron chi connectivity index (χ3n) is 8.91. The number of hydrogen-bond acceptors (Lipinski definition) is 15. The monoisotopic (exact) mass is 925 g/mol. The van der Waals surface area contributed by atoms with Crippen molar-refractivity contribution in [1.29, 1.82) is 0 Å². The molecule has 0 saturated heterocycles. The van der Waals surface area contributed by atoms with Crippen molar-refractivity contribution in [2.75, 3.05) is 65.4 Å².